The van der Waals surface area contributed by atoms with E-state index in [1.54, 1.807) is 19.1 Å². The molecule has 0 aromatic heterocycles. The third kappa shape index (κ3) is 3.51. The summed E-state index contributed by atoms with van der Waals surface area (Å²) in [5.41, 5.74) is 5.94. The van der Waals surface area contributed by atoms with Gasteiger partial charge in [-0.25, -0.2) is 0 Å². The van der Waals surface area contributed by atoms with Crippen LogP contribution in [-0.4, -0.2) is 18.1 Å². The van der Waals surface area contributed by atoms with E-state index in [0.717, 1.165) is 19.4 Å². The van der Waals surface area contributed by atoms with Gasteiger partial charge in [0.1, 0.15) is 0 Å². The molecule has 1 aliphatic heterocycles. The normalized spacial score (nSPS) is 19.9. The number of hydrogen-bond acceptors (Lipinski definition) is 2. The fourth-order valence-corrected chi connectivity index (χ4v) is 3.11. The fourth-order valence-electron chi connectivity index (χ4n) is 3.11. The molecule has 2 N–H and O–H groups in total. The lowest BCUT2D eigenvalue weighted by molar-refractivity contribution is -0.138. The Labute approximate surface area is 124 Å². The second kappa shape index (κ2) is 5.52. The van der Waals surface area contributed by atoms with E-state index in [9.17, 15) is 13.2 Å². The lowest BCUT2D eigenvalue weighted by Gasteiger charge is -2.34. The van der Waals surface area contributed by atoms with Crippen molar-refractivity contribution in [2.24, 2.45) is 5.73 Å². The second-order valence-corrected chi connectivity index (χ2v) is 6.59. The van der Waals surface area contributed by atoms with Crippen LogP contribution >= 0.6 is 0 Å². The molecule has 2 nitrogen and oxygen atoms in total. The van der Waals surface area contributed by atoms with Crippen LogP contribution in [0.5, 0.6) is 0 Å². The van der Waals surface area contributed by atoms with Crippen molar-refractivity contribution in [2.75, 3.05) is 11.4 Å². The largest absolute Gasteiger partial charge is 0.416 e. The maximum atomic E-state index is 13.3. The molecule has 0 spiro atoms. The van der Waals surface area contributed by atoms with Gasteiger partial charge < -0.3 is 10.6 Å². The Kier molecular flexibility index (Phi) is 4.24. The Morgan fingerprint density at radius 3 is 2.48 bits per heavy atom. The first-order valence-electron chi connectivity index (χ1n) is 7.34. The molecule has 2 rings (SSSR count). The van der Waals surface area contributed by atoms with Crippen LogP contribution in [0.3, 0.4) is 0 Å². The standard InChI is InChI=1S/C16H23F3N2/c1-11(20)9-12-5-6-13(10-14(12)16(17,18)19)21-8-4-7-15(21,2)3/h5-6,10-11H,4,7-9,20H2,1-3H3. The Morgan fingerprint density at radius 2 is 2.00 bits per heavy atom. The van der Waals surface area contributed by atoms with Crippen molar-refractivity contribution in [2.45, 2.75) is 57.8 Å². The number of anilines is 1. The summed E-state index contributed by atoms with van der Waals surface area (Å²) in [7, 11) is 0. The molecule has 1 atom stereocenters. The molecule has 0 bridgehead atoms. The summed E-state index contributed by atoms with van der Waals surface area (Å²) in [5.74, 6) is 0. The molecule has 1 aliphatic rings. The van der Waals surface area contributed by atoms with Gasteiger partial charge in [-0.2, -0.15) is 13.2 Å². The highest BCUT2D eigenvalue weighted by Gasteiger charge is 2.36. The van der Waals surface area contributed by atoms with E-state index >= 15 is 0 Å². The molecular weight excluding hydrogens is 277 g/mol. The van der Waals surface area contributed by atoms with Crippen LogP contribution in [0.4, 0.5) is 18.9 Å². The van der Waals surface area contributed by atoms with Crippen LogP contribution in [0.25, 0.3) is 0 Å². The van der Waals surface area contributed by atoms with Crippen molar-refractivity contribution in [3.63, 3.8) is 0 Å². The van der Waals surface area contributed by atoms with Crippen LogP contribution in [0.15, 0.2) is 18.2 Å². The summed E-state index contributed by atoms with van der Waals surface area (Å²) >= 11 is 0. The van der Waals surface area contributed by atoms with E-state index < -0.39 is 11.7 Å². The summed E-state index contributed by atoms with van der Waals surface area (Å²) < 4.78 is 39.9. The Morgan fingerprint density at radius 1 is 1.33 bits per heavy atom. The lowest BCUT2D eigenvalue weighted by Crippen LogP contribution is -2.38. The first-order valence-corrected chi connectivity index (χ1v) is 7.34. The number of nitrogens with zero attached hydrogens (tertiary/aromatic N) is 1. The van der Waals surface area contributed by atoms with E-state index in [0.29, 0.717) is 5.69 Å². The molecule has 5 heteroatoms. The number of benzene rings is 1. The summed E-state index contributed by atoms with van der Waals surface area (Å²) in [5, 5.41) is 0. The molecule has 1 aromatic rings. The van der Waals surface area contributed by atoms with Gasteiger partial charge in [-0.15, -0.1) is 0 Å². The second-order valence-electron chi connectivity index (χ2n) is 6.59. The molecule has 1 fully saturated rings. The van der Waals surface area contributed by atoms with Crippen LogP contribution < -0.4 is 10.6 Å². The van der Waals surface area contributed by atoms with Gasteiger partial charge in [-0.3, -0.25) is 0 Å². The van der Waals surface area contributed by atoms with Crippen LogP contribution in [0.2, 0.25) is 0 Å². The zero-order chi connectivity index (χ0) is 15.8. The first kappa shape index (κ1) is 16.1. The van der Waals surface area contributed by atoms with Crippen molar-refractivity contribution >= 4 is 5.69 Å². The van der Waals surface area contributed by atoms with Gasteiger partial charge in [0.15, 0.2) is 0 Å². The summed E-state index contributed by atoms with van der Waals surface area (Å²) in [6.07, 6.45) is -2.10. The van der Waals surface area contributed by atoms with Crippen LogP contribution in [0, 0.1) is 0 Å². The highest BCUT2D eigenvalue weighted by atomic mass is 19.4. The molecular formula is C16H23F3N2. The summed E-state index contributed by atoms with van der Waals surface area (Å²) in [4.78, 5) is 2.07. The molecule has 0 radical (unpaired) electrons. The average molecular weight is 300 g/mol. The molecule has 0 aliphatic carbocycles. The SMILES string of the molecule is CC(N)Cc1ccc(N2CCCC2(C)C)cc1C(F)(F)F. The molecule has 118 valence electrons. The van der Waals surface area contributed by atoms with Gasteiger partial charge >= 0.3 is 6.18 Å². The Bertz CT molecular complexity index is 507. The van der Waals surface area contributed by atoms with Crippen molar-refractivity contribution in [1.82, 2.24) is 0 Å². The quantitative estimate of drug-likeness (QED) is 0.915. The van der Waals surface area contributed by atoms with Crippen LogP contribution in [-0.2, 0) is 12.6 Å². The Balaban J connectivity index is 2.42. The Hall–Kier alpha value is -1.23. The van der Waals surface area contributed by atoms with E-state index in [-0.39, 0.29) is 23.6 Å². The van der Waals surface area contributed by atoms with Gasteiger partial charge in [0.25, 0.3) is 0 Å². The minimum Gasteiger partial charge on any atom is -0.366 e. The van der Waals surface area contributed by atoms with E-state index in [1.807, 2.05) is 0 Å². The minimum atomic E-state index is -4.34. The van der Waals surface area contributed by atoms with Gasteiger partial charge in [-0.05, 0) is 57.7 Å². The average Bonchev–Trinajstić information content (AvgIpc) is 2.67. The molecule has 21 heavy (non-hydrogen) atoms. The van der Waals surface area contributed by atoms with Gasteiger partial charge in [0.05, 0.1) is 5.56 Å². The monoisotopic (exact) mass is 300 g/mol. The zero-order valence-corrected chi connectivity index (χ0v) is 12.8. The number of halogens is 3. The molecule has 0 saturated carbocycles. The maximum Gasteiger partial charge on any atom is 0.416 e. The lowest BCUT2D eigenvalue weighted by atomic mass is 9.97. The first-order chi connectivity index (χ1) is 9.61. The van der Waals surface area contributed by atoms with Crippen molar-refractivity contribution in [1.29, 1.82) is 0 Å². The fraction of sp³-hybridized carbons (Fsp3) is 0.625. The highest BCUT2D eigenvalue weighted by molar-refractivity contribution is 5.54. The smallest absolute Gasteiger partial charge is 0.366 e. The topological polar surface area (TPSA) is 29.3 Å². The van der Waals surface area contributed by atoms with Crippen LogP contribution in [0.1, 0.15) is 44.7 Å². The highest BCUT2D eigenvalue weighted by Crippen LogP contribution is 2.39. The van der Waals surface area contributed by atoms with Gasteiger partial charge in [-0.1, -0.05) is 6.07 Å². The predicted octanol–water partition coefficient (Wildman–Crippen LogP) is 3.97. The molecule has 1 saturated heterocycles. The number of nitrogens with two attached hydrogens (primary N) is 1. The van der Waals surface area contributed by atoms with Gasteiger partial charge in [0.2, 0.25) is 0 Å². The van der Waals surface area contributed by atoms with E-state index in [4.69, 9.17) is 5.73 Å². The minimum absolute atomic E-state index is 0.0917. The number of alkyl halides is 3. The summed E-state index contributed by atoms with van der Waals surface area (Å²) in [6, 6.07) is 4.36. The third-order valence-corrected chi connectivity index (χ3v) is 4.15. The van der Waals surface area contributed by atoms with E-state index in [1.165, 1.54) is 6.07 Å². The maximum absolute atomic E-state index is 13.3. The van der Waals surface area contributed by atoms with Crippen molar-refractivity contribution < 1.29 is 13.2 Å². The van der Waals surface area contributed by atoms with E-state index in [2.05, 4.69) is 18.7 Å². The molecule has 1 unspecified atom stereocenters. The molecule has 1 heterocycles. The number of rotatable bonds is 3. The summed E-state index contributed by atoms with van der Waals surface area (Å²) in [6.45, 7) is 6.67. The molecule has 1 aromatic carbocycles. The number of hydrogen-bond donors (Lipinski definition) is 1. The third-order valence-electron chi connectivity index (χ3n) is 4.15. The molecule has 0 amide bonds. The van der Waals surface area contributed by atoms with Crippen molar-refractivity contribution in [3.8, 4) is 0 Å². The van der Waals surface area contributed by atoms with Gasteiger partial charge in [0, 0.05) is 23.8 Å². The predicted molar refractivity (Wildman–Crippen MR) is 79.5 cm³/mol. The zero-order valence-electron chi connectivity index (χ0n) is 12.8. The van der Waals surface area contributed by atoms with Crippen molar-refractivity contribution in [3.05, 3.63) is 29.3 Å².